The second-order valence-corrected chi connectivity index (χ2v) is 6.42. The molecule has 0 aliphatic carbocycles. The number of aromatic nitrogens is 1. The van der Waals surface area contributed by atoms with E-state index in [0.717, 1.165) is 14.8 Å². The number of aliphatic hydroxyl groups is 1. The summed E-state index contributed by atoms with van der Waals surface area (Å²) in [6.45, 7) is 1.81. The zero-order valence-corrected chi connectivity index (χ0v) is 13.4. The van der Waals surface area contributed by atoms with Gasteiger partial charge >= 0.3 is 0 Å². The van der Waals surface area contributed by atoms with E-state index in [9.17, 15) is 5.11 Å². The number of hydrogen-bond acceptors (Lipinski definition) is 4. The van der Waals surface area contributed by atoms with Crippen molar-refractivity contribution in [1.29, 1.82) is 0 Å². The van der Waals surface area contributed by atoms with Crippen molar-refractivity contribution in [1.82, 2.24) is 4.98 Å². The van der Waals surface area contributed by atoms with Crippen LogP contribution in [0.5, 0.6) is 0 Å². The van der Waals surface area contributed by atoms with E-state index < -0.39 is 5.60 Å². The Morgan fingerprint density at radius 1 is 1.44 bits per heavy atom. The highest BCUT2D eigenvalue weighted by molar-refractivity contribution is 9.11. The van der Waals surface area contributed by atoms with Gasteiger partial charge in [-0.15, -0.1) is 0 Å². The molecule has 0 saturated carbocycles. The molecule has 2 rings (SSSR count). The molecule has 6 heteroatoms. The Balaban J connectivity index is 2.08. The summed E-state index contributed by atoms with van der Waals surface area (Å²) in [4.78, 5) is 6.34. The predicted molar refractivity (Wildman–Crippen MR) is 77.9 cm³/mol. The first kappa shape index (κ1) is 14.2. The first-order chi connectivity index (χ1) is 8.50. The van der Waals surface area contributed by atoms with E-state index in [1.165, 1.54) is 0 Å². The van der Waals surface area contributed by atoms with Crippen LogP contribution in [0.2, 0.25) is 0 Å². The molecule has 1 aliphatic rings. The molecule has 2 heterocycles. The summed E-state index contributed by atoms with van der Waals surface area (Å²) in [6, 6.07) is 1.95. The fraction of sp³-hybridized carbons (Fsp3) is 0.583. The number of hydrogen-bond donors (Lipinski definition) is 1. The summed E-state index contributed by atoms with van der Waals surface area (Å²) in [6.07, 6.45) is 3.10. The Bertz CT molecular complexity index is 423. The third-order valence-electron chi connectivity index (χ3n) is 3.10. The van der Waals surface area contributed by atoms with Gasteiger partial charge in [0.05, 0.1) is 10.1 Å². The van der Waals surface area contributed by atoms with Crippen LogP contribution >= 0.6 is 31.9 Å². The molecule has 0 spiro atoms. The summed E-state index contributed by atoms with van der Waals surface area (Å²) >= 11 is 6.87. The summed E-state index contributed by atoms with van der Waals surface area (Å²) in [5.41, 5.74) is -0.679. The first-order valence-corrected chi connectivity index (χ1v) is 7.41. The molecule has 1 fully saturated rings. The minimum absolute atomic E-state index is 0.559. The monoisotopic (exact) mass is 378 g/mol. The fourth-order valence-electron chi connectivity index (χ4n) is 2.11. The highest BCUT2D eigenvalue weighted by Crippen LogP contribution is 2.29. The highest BCUT2D eigenvalue weighted by atomic mass is 79.9. The van der Waals surface area contributed by atoms with Crippen LogP contribution in [-0.2, 0) is 4.74 Å². The van der Waals surface area contributed by atoms with Crippen molar-refractivity contribution in [2.75, 3.05) is 31.7 Å². The number of rotatable bonds is 3. The third-order valence-corrected chi connectivity index (χ3v) is 4.12. The molecule has 1 aromatic rings. The van der Waals surface area contributed by atoms with Gasteiger partial charge in [0.1, 0.15) is 5.82 Å². The second-order valence-electron chi connectivity index (χ2n) is 4.65. The van der Waals surface area contributed by atoms with E-state index in [0.29, 0.717) is 32.6 Å². The minimum Gasteiger partial charge on any atom is -0.388 e. The fourth-order valence-corrected chi connectivity index (χ4v) is 3.40. The summed E-state index contributed by atoms with van der Waals surface area (Å²) in [5, 5.41) is 10.5. The average molecular weight is 380 g/mol. The van der Waals surface area contributed by atoms with E-state index in [-0.39, 0.29) is 0 Å². The number of nitrogens with zero attached hydrogens (tertiary/aromatic N) is 2. The number of halogens is 2. The maximum Gasteiger partial charge on any atom is 0.142 e. The molecule has 1 aromatic heterocycles. The summed E-state index contributed by atoms with van der Waals surface area (Å²) < 4.78 is 7.12. The maximum atomic E-state index is 10.5. The van der Waals surface area contributed by atoms with Gasteiger partial charge in [-0.3, -0.25) is 0 Å². The molecule has 0 unspecified atom stereocenters. The molecule has 18 heavy (non-hydrogen) atoms. The number of ether oxygens (including phenoxy) is 1. The SMILES string of the molecule is CN(CC1(O)CCOCC1)c1ncc(Br)cc1Br. The molecule has 1 saturated heterocycles. The minimum atomic E-state index is -0.679. The van der Waals surface area contributed by atoms with Crippen LogP contribution in [0.4, 0.5) is 5.82 Å². The van der Waals surface area contributed by atoms with Gasteiger partial charge in [0.15, 0.2) is 0 Å². The smallest absolute Gasteiger partial charge is 0.142 e. The Hall–Kier alpha value is -0.170. The van der Waals surface area contributed by atoms with Crippen LogP contribution in [0.25, 0.3) is 0 Å². The lowest BCUT2D eigenvalue weighted by atomic mass is 9.94. The number of pyridine rings is 1. The normalized spacial score (nSPS) is 18.7. The van der Waals surface area contributed by atoms with E-state index in [1.54, 1.807) is 6.20 Å². The van der Waals surface area contributed by atoms with E-state index in [2.05, 4.69) is 36.8 Å². The lowest BCUT2D eigenvalue weighted by molar-refractivity contribution is -0.0573. The van der Waals surface area contributed by atoms with Gasteiger partial charge in [-0.05, 0) is 37.9 Å². The maximum absolute atomic E-state index is 10.5. The van der Waals surface area contributed by atoms with Crippen molar-refractivity contribution >= 4 is 37.7 Å². The standard InChI is InChI=1S/C12H16Br2N2O2/c1-16(8-12(17)2-4-18-5-3-12)11-10(14)6-9(13)7-15-11/h6-7,17H,2-5,8H2,1H3. The van der Waals surface area contributed by atoms with Gasteiger partial charge in [0.2, 0.25) is 0 Å². The van der Waals surface area contributed by atoms with Crippen LogP contribution < -0.4 is 4.90 Å². The molecule has 1 aliphatic heterocycles. The van der Waals surface area contributed by atoms with Gasteiger partial charge < -0.3 is 14.7 Å². The number of likely N-dealkylation sites (N-methyl/N-ethyl adjacent to an activating group) is 1. The van der Waals surface area contributed by atoms with Crippen molar-refractivity contribution in [2.45, 2.75) is 18.4 Å². The highest BCUT2D eigenvalue weighted by Gasteiger charge is 2.31. The quantitative estimate of drug-likeness (QED) is 0.876. The zero-order valence-electron chi connectivity index (χ0n) is 10.2. The van der Waals surface area contributed by atoms with Gasteiger partial charge in [0.25, 0.3) is 0 Å². The lowest BCUT2D eigenvalue weighted by Gasteiger charge is -2.36. The topological polar surface area (TPSA) is 45.6 Å². The second kappa shape index (κ2) is 5.86. The average Bonchev–Trinajstić information content (AvgIpc) is 2.28. The Morgan fingerprint density at radius 2 is 2.11 bits per heavy atom. The Morgan fingerprint density at radius 3 is 2.72 bits per heavy atom. The summed E-state index contributed by atoms with van der Waals surface area (Å²) in [7, 11) is 1.94. The van der Waals surface area contributed by atoms with Crippen molar-refractivity contribution in [3.05, 3.63) is 21.2 Å². The van der Waals surface area contributed by atoms with Crippen LogP contribution in [0.3, 0.4) is 0 Å². The zero-order chi connectivity index (χ0) is 13.2. The molecular weight excluding hydrogens is 364 g/mol. The van der Waals surface area contributed by atoms with Crippen LogP contribution in [0.1, 0.15) is 12.8 Å². The Kier molecular flexibility index (Phi) is 4.64. The van der Waals surface area contributed by atoms with Crippen LogP contribution in [0.15, 0.2) is 21.2 Å². The van der Waals surface area contributed by atoms with Gasteiger partial charge in [-0.2, -0.15) is 0 Å². The van der Waals surface area contributed by atoms with Gasteiger partial charge in [-0.1, -0.05) is 0 Å². The molecule has 0 radical (unpaired) electrons. The molecule has 0 bridgehead atoms. The van der Waals surface area contributed by atoms with Gasteiger partial charge in [0, 0.05) is 50.3 Å². The largest absolute Gasteiger partial charge is 0.388 e. The predicted octanol–water partition coefficient (Wildman–Crippen LogP) is 2.58. The van der Waals surface area contributed by atoms with Crippen molar-refractivity contribution in [3.63, 3.8) is 0 Å². The lowest BCUT2D eigenvalue weighted by Crippen LogP contribution is -2.46. The first-order valence-electron chi connectivity index (χ1n) is 5.82. The van der Waals surface area contributed by atoms with E-state index in [1.807, 2.05) is 18.0 Å². The van der Waals surface area contributed by atoms with Crippen LogP contribution in [-0.4, -0.2) is 42.5 Å². The molecule has 0 amide bonds. The molecule has 1 N–H and O–H groups in total. The van der Waals surface area contributed by atoms with Crippen molar-refractivity contribution in [2.24, 2.45) is 0 Å². The van der Waals surface area contributed by atoms with Gasteiger partial charge in [-0.25, -0.2) is 4.98 Å². The third kappa shape index (κ3) is 3.44. The molecule has 0 aromatic carbocycles. The molecule has 0 atom stereocenters. The van der Waals surface area contributed by atoms with Crippen molar-refractivity contribution < 1.29 is 9.84 Å². The molecular formula is C12H16Br2N2O2. The number of anilines is 1. The van der Waals surface area contributed by atoms with Crippen LogP contribution in [0, 0.1) is 0 Å². The molecule has 4 nitrogen and oxygen atoms in total. The molecule has 100 valence electrons. The van der Waals surface area contributed by atoms with Crippen molar-refractivity contribution in [3.8, 4) is 0 Å². The summed E-state index contributed by atoms with van der Waals surface area (Å²) in [5.74, 6) is 0.832. The Labute approximate surface area is 124 Å². The van der Waals surface area contributed by atoms with E-state index in [4.69, 9.17) is 4.74 Å². The van der Waals surface area contributed by atoms with E-state index >= 15 is 0 Å².